The summed E-state index contributed by atoms with van der Waals surface area (Å²) in [7, 11) is 0. The molecule has 110 valence electrons. The summed E-state index contributed by atoms with van der Waals surface area (Å²) in [4.78, 5) is 14.2. The molecule has 2 fully saturated rings. The Morgan fingerprint density at radius 3 is 2.95 bits per heavy atom. The highest BCUT2D eigenvalue weighted by Gasteiger charge is 2.44. The monoisotopic (exact) mass is 304 g/mol. The number of hydrogen-bond acceptors (Lipinski definition) is 5. The second-order valence-electron chi connectivity index (χ2n) is 5.84. The fraction of sp³-hybridized carbons (Fsp3) is 0.500. The third-order valence-electron chi connectivity index (χ3n) is 4.51. The van der Waals surface area contributed by atoms with Gasteiger partial charge in [0.25, 0.3) is 0 Å². The summed E-state index contributed by atoms with van der Waals surface area (Å²) in [6.45, 7) is 1.72. The molecule has 0 radical (unpaired) electrons. The zero-order valence-electron chi connectivity index (χ0n) is 11.5. The summed E-state index contributed by atoms with van der Waals surface area (Å²) in [6.07, 6.45) is 6.56. The van der Waals surface area contributed by atoms with Gasteiger partial charge in [0.1, 0.15) is 0 Å². The van der Waals surface area contributed by atoms with E-state index in [4.69, 9.17) is 4.42 Å². The number of rotatable bonds is 2. The fourth-order valence-corrected chi connectivity index (χ4v) is 3.84. The summed E-state index contributed by atoms with van der Waals surface area (Å²) < 4.78 is 5.27. The van der Waals surface area contributed by atoms with E-state index in [1.165, 1.54) is 30.6 Å². The Kier molecular flexibility index (Phi) is 2.95. The highest BCUT2D eigenvalue weighted by molar-refractivity contribution is 7.18. The van der Waals surface area contributed by atoms with Crippen LogP contribution < -0.4 is 5.32 Å². The van der Waals surface area contributed by atoms with Gasteiger partial charge in [-0.05, 0) is 36.8 Å². The number of anilines is 1. The van der Waals surface area contributed by atoms with Crippen LogP contribution in [0.2, 0.25) is 0 Å². The number of carbonyl (C=O) groups excluding carboxylic acids is 1. The van der Waals surface area contributed by atoms with Crippen molar-refractivity contribution in [1.82, 2.24) is 15.1 Å². The Labute approximate surface area is 126 Å². The Morgan fingerprint density at radius 2 is 2.29 bits per heavy atom. The lowest BCUT2D eigenvalue weighted by atomic mass is 9.68. The standard InChI is InChI=1S/C14H16N4O2S/c19-13(18-7-6-14(9-18)4-2-5-14)15-12-17-16-11(21-12)10-3-1-8-20-10/h1,3,8H,2,4-7,9H2,(H,15,17,19). The topological polar surface area (TPSA) is 71.3 Å². The van der Waals surface area contributed by atoms with Gasteiger partial charge in [-0.15, -0.1) is 10.2 Å². The van der Waals surface area contributed by atoms with Crippen LogP contribution in [0.15, 0.2) is 22.8 Å². The Hall–Kier alpha value is -1.89. The van der Waals surface area contributed by atoms with Gasteiger partial charge in [-0.2, -0.15) is 0 Å². The van der Waals surface area contributed by atoms with Crippen LogP contribution in [-0.2, 0) is 0 Å². The summed E-state index contributed by atoms with van der Waals surface area (Å²) in [6, 6.07) is 3.56. The first-order valence-corrected chi connectivity index (χ1v) is 7.99. The van der Waals surface area contributed by atoms with Gasteiger partial charge in [0.05, 0.1) is 6.26 Å². The number of nitrogens with zero attached hydrogens (tertiary/aromatic N) is 3. The zero-order chi connectivity index (χ0) is 14.3. The quantitative estimate of drug-likeness (QED) is 0.924. The molecular weight excluding hydrogens is 288 g/mol. The molecule has 1 spiro atoms. The lowest BCUT2D eigenvalue weighted by Gasteiger charge is -2.37. The number of aromatic nitrogens is 2. The third-order valence-corrected chi connectivity index (χ3v) is 5.36. The molecule has 1 saturated carbocycles. The molecule has 1 aliphatic heterocycles. The predicted octanol–water partition coefficient (Wildman–Crippen LogP) is 3.21. The van der Waals surface area contributed by atoms with Gasteiger partial charge < -0.3 is 9.32 Å². The number of likely N-dealkylation sites (tertiary alicyclic amines) is 1. The minimum absolute atomic E-state index is 0.0686. The second kappa shape index (κ2) is 4.84. The molecule has 4 rings (SSSR count). The third kappa shape index (κ3) is 2.31. The zero-order valence-corrected chi connectivity index (χ0v) is 12.4. The van der Waals surface area contributed by atoms with Gasteiger partial charge >= 0.3 is 6.03 Å². The van der Waals surface area contributed by atoms with Crippen molar-refractivity contribution in [1.29, 1.82) is 0 Å². The van der Waals surface area contributed by atoms with Gasteiger partial charge in [-0.3, -0.25) is 5.32 Å². The smallest absolute Gasteiger partial charge is 0.323 e. The number of carbonyl (C=O) groups is 1. The van der Waals surface area contributed by atoms with Crippen LogP contribution >= 0.6 is 11.3 Å². The summed E-state index contributed by atoms with van der Waals surface area (Å²) in [5.74, 6) is 0.669. The molecule has 0 bridgehead atoms. The van der Waals surface area contributed by atoms with Crippen LogP contribution in [0.4, 0.5) is 9.93 Å². The average Bonchev–Trinajstić information content (AvgIpc) is 3.17. The van der Waals surface area contributed by atoms with E-state index in [2.05, 4.69) is 15.5 Å². The van der Waals surface area contributed by atoms with Gasteiger partial charge in [-0.1, -0.05) is 17.8 Å². The molecule has 7 heteroatoms. The first-order chi connectivity index (χ1) is 10.2. The van der Waals surface area contributed by atoms with E-state index in [1.807, 2.05) is 11.0 Å². The van der Waals surface area contributed by atoms with Crippen LogP contribution in [0, 0.1) is 5.41 Å². The maximum Gasteiger partial charge on any atom is 0.323 e. The van der Waals surface area contributed by atoms with Gasteiger partial charge in [0, 0.05) is 13.1 Å². The van der Waals surface area contributed by atoms with Crippen molar-refractivity contribution in [3.63, 3.8) is 0 Å². The van der Waals surface area contributed by atoms with E-state index in [9.17, 15) is 4.79 Å². The first kappa shape index (κ1) is 12.8. The number of urea groups is 1. The molecule has 0 aromatic carbocycles. The Balaban J connectivity index is 1.41. The Morgan fingerprint density at radius 1 is 1.38 bits per heavy atom. The number of nitrogens with one attached hydrogen (secondary N) is 1. The highest BCUT2D eigenvalue weighted by Crippen LogP contribution is 2.48. The second-order valence-corrected chi connectivity index (χ2v) is 6.82. The summed E-state index contributed by atoms with van der Waals surface area (Å²) in [5.41, 5.74) is 0.414. The normalized spacial score (nSPS) is 19.7. The fourth-order valence-electron chi connectivity index (χ4n) is 3.14. The first-order valence-electron chi connectivity index (χ1n) is 7.18. The molecule has 6 nitrogen and oxygen atoms in total. The van der Waals surface area contributed by atoms with Crippen molar-refractivity contribution in [2.45, 2.75) is 25.7 Å². The van der Waals surface area contributed by atoms with Crippen molar-refractivity contribution in [3.05, 3.63) is 18.4 Å². The maximum absolute atomic E-state index is 12.3. The van der Waals surface area contributed by atoms with Gasteiger partial charge in [0.15, 0.2) is 10.8 Å². The molecular formula is C14H16N4O2S. The molecule has 2 aliphatic rings. The number of furan rings is 1. The largest absolute Gasteiger partial charge is 0.462 e. The number of hydrogen-bond donors (Lipinski definition) is 1. The molecule has 0 atom stereocenters. The lowest BCUT2D eigenvalue weighted by Crippen LogP contribution is -2.37. The van der Waals surface area contributed by atoms with Gasteiger partial charge in [0.2, 0.25) is 5.13 Å². The summed E-state index contributed by atoms with van der Waals surface area (Å²) in [5, 5.41) is 12.1. The van der Waals surface area contributed by atoms with Crippen molar-refractivity contribution in [3.8, 4) is 10.8 Å². The summed E-state index contributed by atoms with van der Waals surface area (Å²) >= 11 is 1.32. The SMILES string of the molecule is O=C(Nc1nnc(-c2ccco2)s1)N1CCC2(CCC2)C1. The molecule has 1 aliphatic carbocycles. The van der Waals surface area contributed by atoms with E-state index in [0.717, 1.165) is 19.5 Å². The number of amides is 2. The lowest BCUT2D eigenvalue weighted by molar-refractivity contribution is 0.144. The molecule has 0 unspecified atom stereocenters. The molecule has 2 amide bonds. The Bertz CT molecular complexity index is 648. The predicted molar refractivity (Wildman–Crippen MR) is 79.1 cm³/mol. The molecule has 1 saturated heterocycles. The van der Waals surface area contributed by atoms with Crippen LogP contribution in [0.5, 0.6) is 0 Å². The molecule has 2 aromatic rings. The molecule has 1 N–H and O–H groups in total. The van der Waals surface area contributed by atoms with Crippen LogP contribution in [-0.4, -0.2) is 34.2 Å². The van der Waals surface area contributed by atoms with Crippen molar-refractivity contribution >= 4 is 22.5 Å². The van der Waals surface area contributed by atoms with Gasteiger partial charge in [-0.25, -0.2) is 4.79 Å². The minimum atomic E-state index is -0.0686. The van der Waals surface area contributed by atoms with Crippen LogP contribution in [0.3, 0.4) is 0 Å². The van der Waals surface area contributed by atoms with Crippen molar-refractivity contribution in [2.75, 3.05) is 18.4 Å². The molecule has 21 heavy (non-hydrogen) atoms. The average molecular weight is 304 g/mol. The van der Waals surface area contributed by atoms with Crippen LogP contribution in [0.25, 0.3) is 10.8 Å². The van der Waals surface area contributed by atoms with E-state index in [-0.39, 0.29) is 6.03 Å². The molecule has 3 heterocycles. The van der Waals surface area contributed by atoms with E-state index >= 15 is 0 Å². The van der Waals surface area contributed by atoms with Crippen molar-refractivity contribution in [2.24, 2.45) is 5.41 Å². The van der Waals surface area contributed by atoms with E-state index in [0.29, 0.717) is 21.3 Å². The maximum atomic E-state index is 12.3. The van der Waals surface area contributed by atoms with Crippen LogP contribution in [0.1, 0.15) is 25.7 Å². The van der Waals surface area contributed by atoms with E-state index < -0.39 is 0 Å². The van der Waals surface area contributed by atoms with Crippen molar-refractivity contribution < 1.29 is 9.21 Å². The molecule has 2 aromatic heterocycles. The van der Waals surface area contributed by atoms with E-state index in [1.54, 1.807) is 12.3 Å². The highest BCUT2D eigenvalue weighted by atomic mass is 32.1. The minimum Gasteiger partial charge on any atom is -0.462 e.